The lowest BCUT2D eigenvalue weighted by Gasteiger charge is -2.25. The van der Waals surface area contributed by atoms with E-state index in [9.17, 15) is 28.3 Å². The van der Waals surface area contributed by atoms with Gasteiger partial charge in [0.25, 0.3) is 5.91 Å². The Hall–Kier alpha value is -3.49. The maximum Gasteiger partial charge on any atom is 0.407 e. The average molecular weight is 472 g/mol. The number of hydrogen-bond acceptors (Lipinski definition) is 4. The molecule has 4 rings (SSSR count). The first-order valence-corrected chi connectivity index (χ1v) is 11.0. The van der Waals surface area contributed by atoms with Crippen LogP contribution in [-0.4, -0.2) is 60.1 Å². The van der Waals surface area contributed by atoms with Crippen LogP contribution >= 0.6 is 0 Å². The molecule has 0 bridgehead atoms. The maximum atomic E-state index is 14.5. The quantitative estimate of drug-likeness (QED) is 0.668. The molecule has 0 radical (unpaired) electrons. The second-order valence-electron chi connectivity index (χ2n) is 9.19. The molecule has 0 unspecified atom stereocenters. The first-order valence-electron chi connectivity index (χ1n) is 11.0. The zero-order valence-corrected chi connectivity index (χ0v) is 18.9. The van der Waals surface area contributed by atoms with E-state index in [0.29, 0.717) is 0 Å². The van der Waals surface area contributed by atoms with E-state index in [1.165, 1.54) is 6.92 Å². The van der Waals surface area contributed by atoms with E-state index in [4.69, 9.17) is 4.74 Å². The van der Waals surface area contributed by atoms with Crippen molar-refractivity contribution >= 4 is 18.0 Å². The lowest BCUT2D eigenvalue weighted by molar-refractivity contribution is -0.157. The average Bonchev–Trinajstić information content (AvgIpc) is 3.30. The minimum Gasteiger partial charge on any atom is -0.481 e. The Labute approximate surface area is 195 Å². The molecule has 34 heavy (non-hydrogen) atoms. The van der Waals surface area contributed by atoms with Crippen molar-refractivity contribution in [2.75, 3.05) is 26.2 Å². The predicted molar refractivity (Wildman–Crippen MR) is 120 cm³/mol. The Balaban J connectivity index is 1.35. The highest BCUT2D eigenvalue weighted by molar-refractivity contribution is 5.86. The molecule has 2 N–H and O–H groups in total. The Kier molecular flexibility index (Phi) is 6.05. The van der Waals surface area contributed by atoms with Gasteiger partial charge in [-0.15, -0.1) is 0 Å². The van der Waals surface area contributed by atoms with Crippen molar-refractivity contribution in [1.29, 1.82) is 0 Å². The fourth-order valence-electron chi connectivity index (χ4n) is 4.72. The molecule has 2 aromatic rings. The standard InChI is InChI=1S/C25H26F2N2O5/c1-15-11-29(14-24(15,2)22(31)32)21(30)25(26,27)13-28-23(33)34-12-20-18-9-5-3-7-16(18)17-8-4-6-10-19(17)20/h3-10,15,20H,11-14H2,1-2H3,(H,28,33)(H,31,32)/t15-,24-/m0/s1. The molecule has 1 aliphatic carbocycles. The van der Waals surface area contributed by atoms with Crippen LogP contribution < -0.4 is 5.32 Å². The molecule has 1 saturated heterocycles. The third kappa shape index (κ3) is 4.10. The molecule has 2 amide bonds. The van der Waals surface area contributed by atoms with Crippen LogP contribution in [0.25, 0.3) is 11.1 Å². The predicted octanol–water partition coefficient (Wildman–Crippen LogP) is 3.73. The molecular formula is C25H26F2N2O5. The van der Waals surface area contributed by atoms with Gasteiger partial charge >= 0.3 is 18.0 Å². The maximum absolute atomic E-state index is 14.5. The summed E-state index contributed by atoms with van der Waals surface area (Å²) in [6, 6.07) is 15.5. The Bertz CT molecular complexity index is 1090. The summed E-state index contributed by atoms with van der Waals surface area (Å²) in [5.74, 6) is -7.26. The highest BCUT2D eigenvalue weighted by atomic mass is 19.3. The minimum atomic E-state index is -3.89. The third-order valence-electron chi connectivity index (χ3n) is 6.99. The molecule has 1 aliphatic heterocycles. The van der Waals surface area contributed by atoms with Crippen molar-refractivity contribution in [3.05, 3.63) is 59.7 Å². The summed E-state index contributed by atoms with van der Waals surface area (Å²) in [5, 5.41) is 11.4. The first-order chi connectivity index (χ1) is 16.0. The number of halogens is 2. The molecule has 2 atom stereocenters. The van der Waals surface area contributed by atoms with Crippen LogP contribution in [0.4, 0.5) is 13.6 Å². The fourth-order valence-corrected chi connectivity index (χ4v) is 4.72. The SMILES string of the molecule is C[C@H]1CN(C(=O)C(F)(F)CNC(=O)OCC2c3ccccc3-c3ccccc32)C[C@]1(C)C(=O)O. The fraction of sp³-hybridized carbons (Fsp3) is 0.400. The molecule has 2 aliphatic rings. The molecular weight excluding hydrogens is 446 g/mol. The number of nitrogens with zero attached hydrogens (tertiary/aromatic N) is 1. The molecule has 7 nitrogen and oxygen atoms in total. The molecule has 180 valence electrons. The van der Waals surface area contributed by atoms with E-state index in [-0.39, 0.29) is 25.6 Å². The Morgan fingerprint density at radius 3 is 2.21 bits per heavy atom. The van der Waals surface area contributed by atoms with Crippen LogP contribution in [0.15, 0.2) is 48.5 Å². The van der Waals surface area contributed by atoms with Gasteiger partial charge in [0, 0.05) is 19.0 Å². The minimum absolute atomic E-state index is 0.0417. The lowest BCUT2D eigenvalue weighted by Crippen LogP contribution is -2.50. The number of alkyl halides is 2. The first kappa shape index (κ1) is 23.7. The van der Waals surface area contributed by atoms with Gasteiger partial charge in [-0.1, -0.05) is 55.5 Å². The number of benzene rings is 2. The molecule has 0 spiro atoms. The van der Waals surface area contributed by atoms with Crippen LogP contribution in [0.2, 0.25) is 0 Å². The van der Waals surface area contributed by atoms with Gasteiger partial charge in [-0.05, 0) is 35.1 Å². The van der Waals surface area contributed by atoms with Crippen molar-refractivity contribution < 1.29 is 33.0 Å². The van der Waals surface area contributed by atoms with Crippen molar-refractivity contribution in [2.45, 2.75) is 25.7 Å². The van der Waals surface area contributed by atoms with Gasteiger partial charge in [-0.3, -0.25) is 9.59 Å². The molecule has 9 heteroatoms. The van der Waals surface area contributed by atoms with E-state index >= 15 is 0 Å². The van der Waals surface area contributed by atoms with Crippen molar-refractivity contribution in [2.24, 2.45) is 11.3 Å². The zero-order chi connectivity index (χ0) is 24.7. The largest absolute Gasteiger partial charge is 0.481 e. The summed E-state index contributed by atoms with van der Waals surface area (Å²) < 4.78 is 34.3. The zero-order valence-electron chi connectivity index (χ0n) is 18.9. The van der Waals surface area contributed by atoms with Gasteiger partial charge < -0.3 is 20.1 Å². The highest BCUT2D eigenvalue weighted by Gasteiger charge is 2.52. The number of carbonyl (C=O) groups excluding carboxylic acids is 2. The summed E-state index contributed by atoms with van der Waals surface area (Å²) in [6.45, 7) is 1.34. The van der Waals surface area contributed by atoms with Gasteiger partial charge in [-0.2, -0.15) is 8.78 Å². The summed E-state index contributed by atoms with van der Waals surface area (Å²) in [7, 11) is 0. The number of ether oxygens (including phenoxy) is 1. The van der Waals surface area contributed by atoms with E-state index in [0.717, 1.165) is 27.2 Å². The van der Waals surface area contributed by atoms with Crippen LogP contribution in [0.1, 0.15) is 30.9 Å². The van der Waals surface area contributed by atoms with Crippen LogP contribution in [-0.2, 0) is 14.3 Å². The number of hydrogen-bond donors (Lipinski definition) is 2. The molecule has 0 saturated carbocycles. The number of nitrogens with one attached hydrogen (secondary N) is 1. The number of likely N-dealkylation sites (tertiary alicyclic amines) is 1. The van der Waals surface area contributed by atoms with Crippen molar-refractivity contribution in [3.63, 3.8) is 0 Å². The number of aliphatic carboxylic acids is 1. The lowest BCUT2D eigenvalue weighted by atomic mass is 9.81. The van der Waals surface area contributed by atoms with Gasteiger partial charge in [0.2, 0.25) is 0 Å². The Morgan fingerprint density at radius 2 is 1.68 bits per heavy atom. The van der Waals surface area contributed by atoms with Gasteiger partial charge in [0.05, 0.1) is 12.0 Å². The number of amides is 2. The molecule has 1 fully saturated rings. The van der Waals surface area contributed by atoms with Crippen LogP contribution in [0.5, 0.6) is 0 Å². The van der Waals surface area contributed by atoms with Gasteiger partial charge in [-0.25, -0.2) is 4.79 Å². The molecule has 1 heterocycles. The second-order valence-corrected chi connectivity index (χ2v) is 9.19. The van der Waals surface area contributed by atoms with Crippen LogP contribution in [0.3, 0.4) is 0 Å². The molecule has 2 aromatic carbocycles. The molecule has 0 aromatic heterocycles. The summed E-state index contributed by atoms with van der Waals surface area (Å²) in [5.41, 5.74) is 2.75. The smallest absolute Gasteiger partial charge is 0.407 e. The van der Waals surface area contributed by atoms with E-state index in [2.05, 4.69) is 0 Å². The number of alkyl carbamates (subject to hydrolysis) is 1. The number of carboxylic acids is 1. The number of fused-ring (bicyclic) bond motifs is 3. The van der Waals surface area contributed by atoms with Gasteiger partial charge in [0.15, 0.2) is 0 Å². The summed E-state index contributed by atoms with van der Waals surface area (Å²) in [4.78, 5) is 36.9. The summed E-state index contributed by atoms with van der Waals surface area (Å²) >= 11 is 0. The van der Waals surface area contributed by atoms with Crippen molar-refractivity contribution in [3.8, 4) is 11.1 Å². The van der Waals surface area contributed by atoms with E-state index < -0.39 is 41.8 Å². The summed E-state index contributed by atoms with van der Waals surface area (Å²) in [6.07, 6.45) is -1.06. The van der Waals surface area contributed by atoms with Crippen molar-refractivity contribution in [1.82, 2.24) is 10.2 Å². The Morgan fingerprint density at radius 1 is 1.12 bits per heavy atom. The van der Waals surface area contributed by atoms with Gasteiger partial charge in [0.1, 0.15) is 6.61 Å². The monoisotopic (exact) mass is 472 g/mol. The third-order valence-corrected chi connectivity index (χ3v) is 6.99. The normalized spacial score (nSPS) is 21.6. The number of rotatable bonds is 6. The highest BCUT2D eigenvalue weighted by Crippen LogP contribution is 2.44. The number of carbonyl (C=O) groups is 3. The van der Waals surface area contributed by atoms with Crippen LogP contribution in [0, 0.1) is 11.3 Å². The second kappa shape index (κ2) is 8.70. The van der Waals surface area contributed by atoms with E-state index in [1.54, 1.807) is 6.92 Å². The topological polar surface area (TPSA) is 95.9 Å². The number of carboxylic acid groups (broad SMARTS) is 1. The van der Waals surface area contributed by atoms with E-state index in [1.807, 2.05) is 53.8 Å².